The number of amides is 2. The molecule has 0 spiro atoms. The number of ether oxygens (including phenoxy) is 1. The second-order valence-electron chi connectivity index (χ2n) is 12.8. The van der Waals surface area contributed by atoms with Crippen molar-refractivity contribution in [1.29, 1.82) is 0 Å². The number of carbonyl (C=O) groups is 2. The normalized spacial score (nSPS) is 13.2. The number of alkyl halides is 3. The summed E-state index contributed by atoms with van der Waals surface area (Å²) in [5.41, 5.74) is 0.527. The third-order valence-electron chi connectivity index (χ3n) is 9.29. The van der Waals surface area contributed by atoms with Crippen LogP contribution in [0, 0.1) is 6.92 Å². The summed E-state index contributed by atoms with van der Waals surface area (Å²) in [7, 11) is 3.38. The Bertz CT molecular complexity index is 2310. The number of pyridine rings is 1. The number of nitrogens with one attached hydrogen (secondary N) is 1. The molecule has 5 aromatic rings. The molecule has 1 saturated heterocycles. The molecule has 0 aliphatic carbocycles. The van der Waals surface area contributed by atoms with Crippen LogP contribution in [-0.4, -0.2) is 86.7 Å². The lowest BCUT2D eigenvalue weighted by atomic mass is 10.1. The van der Waals surface area contributed by atoms with Gasteiger partial charge in [0.25, 0.3) is 5.91 Å². The van der Waals surface area contributed by atoms with Crippen LogP contribution in [0.2, 0.25) is 5.02 Å². The number of hydrogen-bond donors (Lipinski definition) is 2. The van der Waals surface area contributed by atoms with Crippen LogP contribution in [0.4, 0.5) is 30.4 Å². The van der Waals surface area contributed by atoms with Crippen LogP contribution in [0.15, 0.2) is 59.8 Å². The Morgan fingerprint density at radius 3 is 2.40 bits per heavy atom. The van der Waals surface area contributed by atoms with E-state index in [4.69, 9.17) is 21.3 Å². The molecule has 55 heavy (non-hydrogen) atoms. The summed E-state index contributed by atoms with van der Waals surface area (Å²) in [5, 5.41) is 12.7. The van der Waals surface area contributed by atoms with E-state index in [-0.39, 0.29) is 83.8 Å². The molecular formula is C37H37ClF3N9O5. The molecule has 0 atom stereocenters. The quantitative estimate of drug-likeness (QED) is 0.195. The number of rotatable bonds is 10. The van der Waals surface area contributed by atoms with Crippen molar-refractivity contribution in [3.63, 3.8) is 0 Å². The third kappa shape index (κ3) is 8.11. The van der Waals surface area contributed by atoms with Gasteiger partial charge in [-0.3, -0.25) is 14.4 Å². The van der Waals surface area contributed by atoms with E-state index in [0.717, 1.165) is 23.8 Å². The molecular weight excluding hydrogens is 743 g/mol. The van der Waals surface area contributed by atoms with Gasteiger partial charge in [-0.25, -0.2) is 19.9 Å². The second kappa shape index (κ2) is 15.8. The number of piperazine rings is 1. The first kappa shape index (κ1) is 38.7. The average Bonchev–Trinajstić information content (AvgIpc) is 3.17. The summed E-state index contributed by atoms with van der Waals surface area (Å²) in [6.07, 6.45) is -1.64. The zero-order chi connectivity index (χ0) is 39.6. The lowest BCUT2D eigenvalue weighted by Crippen LogP contribution is -2.50. The minimum atomic E-state index is -4.62. The predicted octanol–water partition coefficient (Wildman–Crippen LogP) is 5.08. The number of halogens is 4. The summed E-state index contributed by atoms with van der Waals surface area (Å²) in [6, 6.07) is 10.1. The Morgan fingerprint density at radius 2 is 1.76 bits per heavy atom. The first-order valence-corrected chi connectivity index (χ1v) is 17.6. The van der Waals surface area contributed by atoms with Gasteiger partial charge in [0.05, 0.1) is 35.3 Å². The van der Waals surface area contributed by atoms with Crippen molar-refractivity contribution in [2.75, 3.05) is 55.5 Å². The van der Waals surface area contributed by atoms with Crippen molar-refractivity contribution in [3.8, 4) is 11.5 Å². The summed E-state index contributed by atoms with van der Waals surface area (Å²) in [4.78, 5) is 63.8. The van der Waals surface area contributed by atoms with Crippen LogP contribution < -0.4 is 25.3 Å². The molecule has 1 aliphatic heterocycles. The monoisotopic (exact) mass is 779 g/mol. The lowest BCUT2D eigenvalue weighted by molar-refractivity contribution is -0.137. The molecule has 0 bridgehead atoms. The highest BCUT2D eigenvalue weighted by molar-refractivity contribution is 6.33. The molecule has 18 heteroatoms. The third-order valence-corrected chi connectivity index (χ3v) is 9.61. The minimum absolute atomic E-state index is 0.00784. The fourth-order valence-electron chi connectivity index (χ4n) is 6.38. The van der Waals surface area contributed by atoms with E-state index < -0.39 is 29.0 Å². The molecule has 0 unspecified atom stereocenters. The van der Waals surface area contributed by atoms with Crippen LogP contribution in [0.3, 0.4) is 0 Å². The van der Waals surface area contributed by atoms with Gasteiger partial charge in [0.1, 0.15) is 30.1 Å². The number of benzene rings is 2. The number of aryl methyl sites for hydroxylation is 1. The van der Waals surface area contributed by atoms with E-state index in [2.05, 4.69) is 20.3 Å². The van der Waals surface area contributed by atoms with Crippen molar-refractivity contribution < 1.29 is 32.6 Å². The summed E-state index contributed by atoms with van der Waals surface area (Å²) in [5.74, 6) is -0.330. The second-order valence-corrected chi connectivity index (χ2v) is 13.3. The van der Waals surface area contributed by atoms with E-state index in [1.807, 2.05) is 41.0 Å². The molecule has 0 saturated carbocycles. The predicted molar refractivity (Wildman–Crippen MR) is 200 cm³/mol. The maximum absolute atomic E-state index is 14.5. The maximum atomic E-state index is 14.5. The van der Waals surface area contributed by atoms with Crippen molar-refractivity contribution in [2.24, 2.45) is 0 Å². The van der Waals surface area contributed by atoms with Gasteiger partial charge in [-0.1, -0.05) is 30.7 Å². The fourth-order valence-corrected chi connectivity index (χ4v) is 6.61. The first-order chi connectivity index (χ1) is 26.2. The lowest BCUT2D eigenvalue weighted by Gasteiger charge is -2.37. The maximum Gasteiger partial charge on any atom is 0.416 e. The van der Waals surface area contributed by atoms with Gasteiger partial charge in [0.15, 0.2) is 22.6 Å². The molecule has 1 fully saturated rings. The zero-order valence-electron chi connectivity index (χ0n) is 30.3. The number of hydrogen-bond acceptors (Lipinski definition) is 11. The van der Waals surface area contributed by atoms with Crippen LogP contribution in [0.1, 0.15) is 39.9 Å². The Balaban J connectivity index is 1.36. The number of aromatic hydroxyl groups is 1. The largest absolute Gasteiger partial charge is 0.504 e. The highest BCUT2D eigenvalue weighted by Crippen LogP contribution is 2.34. The van der Waals surface area contributed by atoms with Gasteiger partial charge >= 0.3 is 6.18 Å². The molecule has 14 nitrogen and oxygen atoms in total. The van der Waals surface area contributed by atoms with Crippen molar-refractivity contribution >= 4 is 51.8 Å². The Hall–Kier alpha value is -5.97. The number of fused-ring (bicyclic) bond motifs is 1. The molecule has 1 aliphatic rings. The van der Waals surface area contributed by atoms with Crippen molar-refractivity contribution in [3.05, 3.63) is 98.4 Å². The van der Waals surface area contributed by atoms with Gasteiger partial charge in [-0.15, -0.1) is 0 Å². The van der Waals surface area contributed by atoms with Gasteiger partial charge < -0.3 is 34.4 Å². The van der Waals surface area contributed by atoms with Crippen LogP contribution in [0.5, 0.6) is 11.5 Å². The van der Waals surface area contributed by atoms with Crippen molar-refractivity contribution in [2.45, 2.75) is 39.5 Å². The smallest absolute Gasteiger partial charge is 0.416 e. The van der Waals surface area contributed by atoms with E-state index in [9.17, 15) is 32.7 Å². The number of nitrogens with zero attached hydrogens (tertiary/aromatic N) is 8. The molecule has 288 valence electrons. The number of anilines is 3. The van der Waals surface area contributed by atoms with E-state index in [0.29, 0.717) is 23.8 Å². The van der Waals surface area contributed by atoms with Crippen LogP contribution >= 0.6 is 11.6 Å². The summed E-state index contributed by atoms with van der Waals surface area (Å²) < 4.78 is 46.6. The van der Waals surface area contributed by atoms with Gasteiger partial charge in [0.2, 0.25) is 11.3 Å². The minimum Gasteiger partial charge on any atom is -0.504 e. The number of carbonyl (C=O) groups excluding carboxylic acids is 2. The Labute approximate surface area is 318 Å². The Morgan fingerprint density at radius 1 is 1.05 bits per heavy atom. The van der Waals surface area contributed by atoms with Crippen LogP contribution in [0.25, 0.3) is 11.2 Å². The molecule has 2 N–H and O–H groups in total. The highest BCUT2D eigenvalue weighted by Gasteiger charge is 2.32. The number of methoxy groups -OCH3 is 1. The van der Waals surface area contributed by atoms with Crippen molar-refractivity contribution in [1.82, 2.24) is 29.4 Å². The summed E-state index contributed by atoms with van der Waals surface area (Å²) >= 11 is 6.14. The number of aromatic nitrogens is 5. The topological polar surface area (TPSA) is 159 Å². The standard InChI is InChI=1S/C37H37ClF3N9O5/c1-5-27-32(48-12-14-49(15-13-48)36(54)31-33(52)21(2)43-20-44-31)34(53)30-35(42-17-28(46-30)47(3)18-22-6-9-24(55-4)10-7-22)50(27)19-29(51)45-26-11-8-23(16-25(26)38)37(39,40)41/h6-11,16-17,20,52H,5,12-15,18-19H2,1-4H3,(H,45,51). The molecule has 4 heterocycles. The van der Waals surface area contributed by atoms with Gasteiger partial charge in [-0.2, -0.15) is 13.2 Å². The summed E-state index contributed by atoms with van der Waals surface area (Å²) in [6.45, 7) is 4.24. The Kier molecular flexibility index (Phi) is 11.1. The molecule has 0 radical (unpaired) electrons. The van der Waals surface area contributed by atoms with Crippen LogP contribution in [-0.2, 0) is 30.5 Å². The van der Waals surface area contributed by atoms with E-state index in [1.54, 1.807) is 25.6 Å². The molecule has 6 rings (SSSR count). The van der Waals surface area contributed by atoms with Gasteiger partial charge in [0, 0.05) is 45.5 Å². The highest BCUT2D eigenvalue weighted by atomic mass is 35.5. The molecule has 2 aromatic carbocycles. The molecule has 3 aromatic heterocycles. The first-order valence-electron chi connectivity index (χ1n) is 17.2. The average molecular weight is 780 g/mol. The molecule has 2 amide bonds. The fraction of sp³-hybridized carbons (Fsp3) is 0.324. The zero-order valence-corrected chi connectivity index (χ0v) is 31.1. The van der Waals surface area contributed by atoms with E-state index in [1.165, 1.54) is 17.4 Å². The van der Waals surface area contributed by atoms with Gasteiger partial charge in [-0.05, 0) is 49.2 Å². The van der Waals surface area contributed by atoms with E-state index >= 15 is 0 Å². The SMILES string of the molecule is CCc1c(N2CCN(C(=O)c3ncnc(C)c3O)CC2)c(=O)c2nc(N(C)Cc3ccc(OC)cc3)cnc2n1CC(=O)Nc1ccc(C(F)(F)F)cc1Cl.